The molecule has 186 valence electrons. The maximum absolute atomic E-state index is 14.2. The highest BCUT2D eigenvalue weighted by molar-refractivity contribution is 5.90. The fourth-order valence-corrected chi connectivity index (χ4v) is 4.01. The predicted octanol–water partition coefficient (Wildman–Crippen LogP) is 6.82. The highest BCUT2D eigenvalue weighted by Gasteiger charge is 2.30. The summed E-state index contributed by atoms with van der Waals surface area (Å²) in [5.74, 6) is 0.129. The Morgan fingerprint density at radius 3 is 2.30 bits per heavy atom. The Labute approximate surface area is 199 Å². The summed E-state index contributed by atoms with van der Waals surface area (Å²) in [5.41, 5.74) is 9.77. The van der Waals surface area contributed by atoms with Crippen molar-refractivity contribution in [3.63, 3.8) is 0 Å². The molecule has 1 saturated heterocycles. The minimum Gasteiger partial charge on any atom is -0.402 e. The van der Waals surface area contributed by atoms with Crippen molar-refractivity contribution in [3.05, 3.63) is 60.1 Å². The summed E-state index contributed by atoms with van der Waals surface area (Å²) >= 11 is 0. The van der Waals surface area contributed by atoms with E-state index in [9.17, 15) is 8.78 Å². The first-order chi connectivity index (χ1) is 15.5. The SMILES string of the molecule is C=C.C=C(N)C1(C)CCOCC1.CCC(C)c1cc(C2CC(C(C)F)=NN2C)cc(F)c1C. The fraction of sp³-hybridized carbons (Fsp3) is 0.593. The van der Waals surface area contributed by atoms with Crippen LogP contribution in [0.1, 0.15) is 82.0 Å². The van der Waals surface area contributed by atoms with E-state index in [2.05, 4.69) is 51.7 Å². The van der Waals surface area contributed by atoms with Gasteiger partial charge in [0.1, 0.15) is 12.0 Å². The number of nitrogens with zero attached hydrogens (tertiary/aromatic N) is 2. The molecule has 3 unspecified atom stereocenters. The molecule has 3 rings (SSSR count). The van der Waals surface area contributed by atoms with E-state index in [-0.39, 0.29) is 17.3 Å². The first-order valence-electron chi connectivity index (χ1n) is 11.8. The molecule has 1 aromatic rings. The van der Waals surface area contributed by atoms with E-state index in [1.165, 1.54) is 6.92 Å². The lowest BCUT2D eigenvalue weighted by Gasteiger charge is -2.33. The summed E-state index contributed by atoms with van der Waals surface area (Å²) in [6.07, 6.45) is 2.47. The topological polar surface area (TPSA) is 50.9 Å². The third-order valence-electron chi connectivity index (χ3n) is 6.91. The highest BCUT2D eigenvalue weighted by atomic mass is 19.1. The van der Waals surface area contributed by atoms with Crippen molar-refractivity contribution in [2.75, 3.05) is 20.3 Å². The quantitative estimate of drug-likeness (QED) is 0.488. The van der Waals surface area contributed by atoms with Gasteiger partial charge in [-0.2, -0.15) is 5.10 Å². The maximum atomic E-state index is 14.2. The molecule has 6 heteroatoms. The van der Waals surface area contributed by atoms with Crippen molar-refractivity contribution in [1.82, 2.24) is 5.01 Å². The Balaban J connectivity index is 0.000000380. The zero-order valence-electron chi connectivity index (χ0n) is 21.4. The molecular weight excluding hydrogens is 420 g/mol. The first kappa shape index (κ1) is 28.8. The van der Waals surface area contributed by atoms with Gasteiger partial charge in [-0.25, -0.2) is 8.78 Å². The molecule has 2 N–H and O–H groups in total. The summed E-state index contributed by atoms with van der Waals surface area (Å²) in [7, 11) is 1.82. The minimum absolute atomic E-state index is 0.0730. The molecule has 3 atom stereocenters. The Morgan fingerprint density at radius 2 is 1.88 bits per heavy atom. The second-order valence-corrected chi connectivity index (χ2v) is 9.23. The number of alkyl halides is 1. The highest BCUT2D eigenvalue weighted by Crippen LogP contribution is 2.35. The Bertz CT molecular complexity index is 816. The smallest absolute Gasteiger partial charge is 0.137 e. The molecule has 0 aromatic heterocycles. The molecule has 0 aliphatic carbocycles. The van der Waals surface area contributed by atoms with Crippen LogP contribution in [0.4, 0.5) is 8.78 Å². The van der Waals surface area contributed by atoms with Crippen molar-refractivity contribution < 1.29 is 13.5 Å². The molecule has 2 aliphatic rings. The summed E-state index contributed by atoms with van der Waals surface area (Å²) in [6.45, 7) is 21.1. The van der Waals surface area contributed by atoms with Gasteiger partial charge >= 0.3 is 0 Å². The van der Waals surface area contributed by atoms with E-state index in [4.69, 9.17) is 10.5 Å². The van der Waals surface area contributed by atoms with Gasteiger partial charge < -0.3 is 10.5 Å². The number of halogens is 2. The summed E-state index contributed by atoms with van der Waals surface area (Å²) in [5, 5.41) is 5.99. The monoisotopic (exact) mass is 463 g/mol. The second kappa shape index (κ2) is 12.9. The molecule has 4 nitrogen and oxygen atoms in total. The van der Waals surface area contributed by atoms with Crippen molar-refractivity contribution in [1.29, 1.82) is 0 Å². The Kier molecular flexibility index (Phi) is 11.2. The average molecular weight is 464 g/mol. The normalized spacial score (nSPS) is 21.0. The fourth-order valence-electron chi connectivity index (χ4n) is 4.01. The summed E-state index contributed by atoms with van der Waals surface area (Å²) in [6, 6.07) is 3.56. The Morgan fingerprint density at radius 1 is 1.30 bits per heavy atom. The van der Waals surface area contributed by atoms with Crippen molar-refractivity contribution >= 4 is 5.71 Å². The van der Waals surface area contributed by atoms with E-state index >= 15 is 0 Å². The van der Waals surface area contributed by atoms with Crippen LogP contribution in [0, 0.1) is 18.2 Å². The lowest BCUT2D eigenvalue weighted by Crippen LogP contribution is -2.31. The van der Waals surface area contributed by atoms with E-state index in [1.807, 2.05) is 14.0 Å². The van der Waals surface area contributed by atoms with Gasteiger partial charge in [-0.05, 0) is 61.8 Å². The standard InChI is InChI=1S/C17H24F2N2.C8H15NO.C2H4/c1-6-10(2)14-7-13(8-15(19)11(14)3)17-9-16(12(4)18)20-21(17)5;1-7(9)8(2)3-5-10-6-4-8;1-2/h7-8,10,12,17H,6,9H2,1-5H3;1,3-6,9H2,2H3;1-2H2. The van der Waals surface area contributed by atoms with E-state index in [1.54, 1.807) is 11.1 Å². The maximum Gasteiger partial charge on any atom is 0.137 e. The second-order valence-electron chi connectivity index (χ2n) is 9.23. The number of benzene rings is 1. The van der Waals surface area contributed by atoms with Crippen molar-refractivity contribution in [2.24, 2.45) is 16.3 Å². The van der Waals surface area contributed by atoms with Gasteiger partial charge in [0, 0.05) is 37.8 Å². The van der Waals surface area contributed by atoms with Crippen LogP contribution in [0.25, 0.3) is 0 Å². The molecule has 0 spiro atoms. The van der Waals surface area contributed by atoms with E-state index in [0.29, 0.717) is 23.6 Å². The van der Waals surface area contributed by atoms with Gasteiger partial charge in [0.05, 0.1) is 11.8 Å². The average Bonchev–Trinajstić information content (AvgIpc) is 3.19. The van der Waals surface area contributed by atoms with Crippen LogP contribution in [0.5, 0.6) is 0 Å². The zero-order chi connectivity index (χ0) is 25.3. The number of ether oxygens (including phenoxy) is 1. The number of hydrogen-bond acceptors (Lipinski definition) is 4. The molecule has 0 bridgehead atoms. The molecule has 0 saturated carbocycles. The van der Waals surface area contributed by atoms with Gasteiger partial charge in [-0.1, -0.05) is 33.4 Å². The Hall–Kier alpha value is -2.21. The molecule has 0 radical (unpaired) electrons. The van der Waals surface area contributed by atoms with Gasteiger partial charge in [-0.15, -0.1) is 13.2 Å². The number of nitrogens with two attached hydrogens (primary N) is 1. The van der Waals surface area contributed by atoms with Crippen LogP contribution < -0.4 is 5.73 Å². The van der Waals surface area contributed by atoms with Gasteiger partial charge in [-0.3, -0.25) is 5.01 Å². The molecule has 33 heavy (non-hydrogen) atoms. The summed E-state index contributed by atoms with van der Waals surface area (Å²) in [4.78, 5) is 0. The van der Waals surface area contributed by atoms with Crippen LogP contribution in [-0.4, -0.2) is 37.2 Å². The molecule has 1 aromatic carbocycles. The van der Waals surface area contributed by atoms with Crippen LogP contribution in [0.15, 0.2) is 42.7 Å². The number of hydrogen-bond donors (Lipinski definition) is 1. The van der Waals surface area contributed by atoms with Crippen LogP contribution in [0.3, 0.4) is 0 Å². The molecule has 0 amide bonds. The van der Waals surface area contributed by atoms with E-state index < -0.39 is 6.17 Å². The number of allylic oxidation sites excluding steroid dienone is 1. The van der Waals surface area contributed by atoms with Gasteiger partial charge in [0.15, 0.2) is 0 Å². The third-order valence-corrected chi connectivity index (χ3v) is 6.91. The molecular formula is C27H43F2N3O. The van der Waals surface area contributed by atoms with E-state index in [0.717, 1.165) is 49.3 Å². The largest absolute Gasteiger partial charge is 0.402 e. The van der Waals surface area contributed by atoms with Crippen LogP contribution >= 0.6 is 0 Å². The van der Waals surface area contributed by atoms with Gasteiger partial charge in [0.2, 0.25) is 0 Å². The van der Waals surface area contributed by atoms with Gasteiger partial charge in [0.25, 0.3) is 0 Å². The lowest BCUT2D eigenvalue weighted by atomic mass is 9.80. The zero-order valence-corrected chi connectivity index (χ0v) is 21.4. The molecule has 2 aliphatic heterocycles. The minimum atomic E-state index is -1.05. The molecule has 1 fully saturated rings. The number of rotatable bonds is 5. The third kappa shape index (κ3) is 7.39. The predicted molar refractivity (Wildman–Crippen MR) is 136 cm³/mol. The number of hydrazone groups is 1. The lowest BCUT2D eigenvalue weighted by molar-refractivity contribution is 0.0398. The van der Waals surface area contributed by atoms with Crippen molar-refractivity contribution in [3.8, 4) is 0 Å². The van der Waals surface area contributed by atoms with Crippen LogP contribution in [0.2, 0.25) is 0 Å². The summed E-state index contributed by atoms with van der Waals surface area (Å²) < 4.78 is 32.9. The van der Waals surface area contributed by atoms with Crippen molar-refractivity contribution in [2.45, 2.75) is 78.4 Å². The first-order valence-corrected chi connectivity index (χ1v) is 11.8. The van der Waals surface area contributed by atoms with Crippen LogP contribution in [-0.2, 0) is 4.74 Å². The molecule has 2 heterocycles.